The Morgan fingerprint density at radius 3 is 3.04 bits per heavy atom. The first-order valence-electron chi connectivity index (χ1n) is 8.20. The molecule has 0 bridgehead atoms. The summed E-state index contributed by atoms with van der Waals surface area (Å²) in [4.78, 5) is 4.31. The number of aryl methyl sites for hydroxylation is 1. The molecule has 0 amide bonds. The van der Waals surface area contributed by atoms with Crippen LogP contribution in [0.4, 0.5) is 0 Å². The Morgan fingerprint density at radius 1 is 1.17 bits per heavy atom. The van der Waals surface area contributed by atoms with Crippen molar-refractivity contribution in [2.24, 2.45) is 0 Å². The van der Waals surface area contributed by atoms with Crippen molar-refractivity contribution in [3.63, 3.8) is 0 Å². The van der Waals surface area contributed by atoms with Crippen molar-refractivity contribution in [1.29, 1.82) is 0 Å². The summed E-state index contributed by atoms with van der Waals surface area (Å²) >= 11 is 0. The lowest BCUT2D eigenvalue weighted by Gasteiger charge is -2.12. The van der Waals surface area contributed by atoms with Crippen LogP contribution in [0.1, 0.15) is 48.4 Å². The third-order valence-electron chi connectivity index (χ3n) is 5.02. The first-order valence-corrected chi connectivity index (χ1v) is 8.20. The molecule has 1 unspecified atom stereocenters. The summed E-state index contributed by atoms with van der Waals surface area (Å²) in [5.41, 5.74) is 5.55. The molecule has 116 valence electrons. The van der Waals surface area contributed by atoms with E-state index < -0.39 is 6.10 Å². The predicted molar refractivity (Wildman–Crippen MR) is 85.9 cm³/mol. The van der Waals surface area contributed by atoms with Gasteiger partial charge in [0.25, 0.3) is 0 Å². The minimum atomic E-state index is -0.405. The molecule has 1 N–H and O–H groups in total. The van der Waals surface area contributed by atoms with Gasteiger partial charge in [-0.05, 0) is 30.9 Å². The Hall–Kier alpha value is -2.40. The molecular weight excluding hydrogens is 288 g/mol. The first kappa shape index (κ1) is 13.1. The summed E-state index contributed by atoms with van der Waals surface area (Å²) in [6.45, 7) is 0.886. The van der Waals surface area contributed by atoms with Crippen molar-refractivity contribution in [2.75, 3.05) is 0 Å². The van der Waals surface area contributed by atoms with E-state index in [4.69, 9.17) is 5.10 Å². The number of benzene rings is 1. The molecule has 2 aliphatic heterocycles. The van der Waals surface area contributed by atoms with Gasteiger partial charge in [-0.25, -0.2) is 4.98 Å². The zero-order valence-corrected chi connectivity index (χ0v) is 12.8. The molecule has 2 aliphatic rings. The number of aromatic nitrogens is 4. The number of aliphatic hydroxyl groups is 1. The van der Waals surface area contributed by atoms with E-state index in [0.717, 1.165) is 42.9 Å². The normalized spacial score (nSPS) is 22.3. The minimum absolute atomic E-state index is 0.0512. The molecule has 23 heavy (non-hydrogen) atoms. The molecule has 0 saturated heterocycles. The van der Waals surface area contributed by atoms with Gasteiger partial charge in [-0.1, -0.05) is 24.3 Å². The quantitative estimate of drug-likeness (QED) is 0.588. The Kier molecular flexibility index (Phi) is 2.73. The van der Waals surface area contributed by atoms with Crippen LogP contribution in [0.25, 0.3) is 11.3 Å². The maximum atomic E-state index is 10.4. The average Bonchev–Trinajstić information content (AvgIpc) is 3.22. The number of hydrogen-bond acceptors (Lipinski definition) is 3. The van der Waals surface area contributed by atoms with Crippen LogP contribution in [0.5, 0.6) is 0 Å². The highest BCUT2D eigenvalue weighted by atomic mass is 16.3. The molecule has 0 aliphatic carbocycles. The van der Waals surface area contributed by atoms with E-state index in [1.165, 1.54) is 11.1 Å². The molecule has 3 aromatic rings. The zero-order chi connectivity index (χ0) is 15.4. The third kappa shape index (κ3) is 1.83. The van der Waals surface area contributed by atoms with Gasteiger partial charge >= 0.3 is 0 Å². The summed E-state index contributed by atoms with van der Waals surface area (Å²) in [7, 11) is 0. The van der Waals surface area contributed by atoms with Gasteiger partial charge in [0.1, 0.15) is 6.04 Å². The van der Waals surface area contributed by atoms with Crippen LogP contribution in [0.2, 0.25) is 0 Å². The second kappa shape index (κ2) is 4.80. The van der Waals surface area contributed by atoms with Crippen molar-refractivity contribution < 1.29 is 5.11 Å². The second-order valence-electron chi connectivity index (χ2n) is 6.40. The van der Waals surface area contributed by atoms with E-state index in [1.54, 1.807) is 0 Å². The summed E-state index contributed by atoms with van der Waals surface area (Å²) < 4.78 is 4.17. The van der Waals surface area contributed by atoms with Crippen molar-refractivity contribution in [3.05, 3.63) is 59.8 Å². The van der Waals surface area contributed by atoms with Crippen LogP contribution >= 0.6 is 0 Å². The Bertz CT molecular complexity index is 879. The fourth-order valence-corrected chi connectivity index (χ4v) is 3.92. The molecule has 0 spiro atoms. The standard InChI is InChI=1S/C18H18N4O/c23-17-7-3-4-8-22-15(17)9-14(20-22)18-13-6-2-1-5-12(13)16-10-19-11-21(16)18/h1-2,5-6,9-11,17-18,23H,3-4,7-8H2/t17?,18-/m0/s1. The van der Waals surface area contributed by atoms with Crippen molar-refractivity contribution in [1.82, 2.24) is 19.3 Å². The minimum Gasteiger partial charge on any atom is -0.387 e. The maximum absolute atomic E-state index is 10.4. The number of nitrogens with zero attached hydrogens (tertiary/aromatic N) is 4. The van der Waals surface area contributed by atoms with Crippen LogP contribution in [-0.2, 0) is 6.54 Å². The largest absolute Gasteiger partial charge is 0.387 e. The molecule has 0 saturated carbocycles. The molecular formula is C18H18N4O. The lowest BCUT2D eigenvalue weighted by atomic mass is 10.0. The number of aliphatic hydroxyl groups excluding tert-OH is 1. The van der Waals surface area contributed by atoms with Crippen molar-refractivity contribution >= 4 is 0 Å². The van der Waals surface area contributed by atoms with E-state index in [-0.39, 0.29) is 6.04 Å². The molecule has 5 rings (SSSR count). The lowest BCUT2D eigenvalue weighted by Crippen LogP contribution is -2.09. The van der Waals surface area contributed by atoms with Crippen LogP contribution in [0.3, 0.4) is 0 Å². The van der Waals surface area contributed by atoms with Crippen LogP contribution in [-0.4, -0.2) is 24.4 Å². The van der Waals surface area contributed by atoms with Crippen LogP contribution < -0.4 is 0 Å². The van der Waals surface area contributed by atoms with Gasteiger partial charge in [-0.2, -0.15) is 5.10 Å². The fourth-order valence-electron chi connectivity index (χ4n) is 3.92. The summed E-state index contributed by atoms with van der Waals surface area (Å²) in [5.74, 6) is 0. The van der Waals surface area contributed by atoms with Crippen molar-refractivity contribution in [2.45, 2.75) is 38.0 Å². The smallest absolute Gasteiger partial charge is 0.105 e. The molecule has 0 radical (unpaired) electrons. The predicted octanol–water partition coefficient (Wildman–Crippen LogP) is 2.92. The molecule has 4 heterocycles. The average molecular weight is 306 g/mol. The number of fused-ring (bicyclic) bond motifs is 4. The molecule has 5 heteroatoms. The van der Waals surface area contributed by atoms with E-state index in [0.29, 0.717) is 0 Å². The topological polar surface area (TPSA) is 55.9 Å². The van der Waals surface area contributed by atoms with Gasteiger partial charge in [0.05, 0.1) is 35.7 Å². The highest BCUT2D eigenvalue weighted by molar-refractivity contribution is 5.70. The van der Waals surface area contributed by atoms with Gasteiger partial charge in [-0.3, -0.25) is 4.68 Å². The highest BCUT2D eigenvalue weighted by Gasteiger charge is 2.32. The van der Waals surface area contributed by atoms with Crippen LogP contribution in [0.15, 0.2) is 42.9 Å². The molecule has 1 aromatic carbocycles. The fraction of sp³-hybridized carbons (Fsp3) is 0.333. The Morgan fingerprint density at radius 2 is 2.09 bits per heavy atom. The third-order valence-corrected chi connectivity index (χ3v) is 5.02. The Labute approximate surface area is 134 Å². The number of hydrogen-bond donors (Lipinski definition) is 1. The number of imidazole rings is 1. The lowest BCUT2D eigenvalue weighted by molar-refractivity contribution is 0.161. The summed E-state index contributed by atoms with van der Waals surface area (Å²) in [5, 5.41) is 15.2. The van der Waals surface area contributed by atoms with E-state index in [2.05, 4.69) is 39.9 Å². The second-order valence-corrected chi connectivity index (χ2v) is 6.40. The monoisotopic (exact) mass is 306 g/mol. The first-order chi connectivity index (χ1) is 11.3. The van der Waals surface area contributed by atoms with Crippen molar-refractivity contribution in [3.8, 4) is 11.3 Å². The van der Waals surface area contributed by atoms with Gasteiger partial charge in [0.15, 0.2) is 0 Å². The van der Waals surface area contributed by atoms with Gasteiger partial charge in [-0.15, -0.1) is 0 Å². The van der Waals surface area contributed by atoms with Gasteiger partial charge in [0, 0.05) is 12.1 Å². The molecule has 0 fully saturated rings. The molecule has 5 nitrogen and oxygen atoms in total. The van der Waals surface area contributed by atoms with Gasteiger partial charge in [0.2, 0.25) is 0 Å². The van der Waals surface area contributed by atoms with E-state index in [1.807, 2.05) is 17.2 Å². The summed E-state index contributed by atoms with van der Waals surface area (Å²) in [6, 6.07) is 10.6. The SMILES string of the molecule is OC1CCCCn2nc([C@@H]3c4ccccc4-c4cncn43)cc21. The maximum Gasteiger partial charge on any atom is 0.105 e. The molecule has 2 aromatic heterocycles. The van der Waals surface area contributed by atoms with Gasteiger partial charge < -0.3 is 9.67 Å². The summed E-state index contributed by atoms with van der Waals surface area (Å²) in [6.07, 6.45) is 6.33. The highest BCUT2D eigenvalue weighted by Crippen LogP contribution is 2.42. The van der Waals surface area contributed by atoms with Crippen LogP contribution in [0, 0.1) is 0 Å². The Balaban J connectivity index is 1.67. The van der Waals surface area contributed by atoms with E-state index >= 15 is 0 Å². The molecule has 2 atom stereocenters. The zero-order valence-electron chi connectivity index (χ0n) is 12.8. The number of rotatable bonds is 1. The van der Waals surface area contributed by atoms with E-state index in [9.17, 15) is 5.11 Å².